The monoisotopic (exact) mass is 190 g/mol. The van der Waals surface area contributed by atoms with Crippen LogP contribution in [0.2, 0.25) is 0 Å². The smallest absolute Gasteiger partial charge is 0.241 e. The van der Waals surface area contributed by atoms with E-state index in [1.807, 2.05) is 12.2 Å². The van der Waals surface area contributed by atoms with E-state index in [1.165, 1.54) is 0 Å². The molecule has 0 radical (unpaired) electrons. The summed E-state index contributed by atoms with van der Waals surface area (Å²) in [5.41, 5.74) is 1.07. The highest BCUT2D eigenvalue weighted by molar-refractivity contribution is 5.82. The average Bonchev–Trinajstić information content (AvgIpc) is 2.23. The fraction of sp³-hybridized carbons (Fsp3) is 0.364. The van der Waals surface area contributed by atoms with Crippen LogP contribution in [0.1, 0.15) is 6.42 Å². The van der Waals surface area contributed by atoms with Gasteiger partial charge in [-0.2, -0.15) is 0 Å². The van der Waals surface area contributed by atoms with E-state index >= 15 is 0 Å². The third kappa shape index (κ3) is 1.51. The molecule has 0 aromatic rings. The molecular weight excluding hydrogens is 176 g/mol. The predicted molar refractivity (Wildman–Crippen MR) is 55.5 cm³/mol. The largest absolute Gasteiger partial charge is 0.310 e. The molecule has 74 valence electrons. The van der Waals surface area contributed by atoms with Crippen LogP contribution in [-0.4, -0.2) is 29.9 Å². The summed E-state index contributed by atoms with van der Waals surface area (Å²) in [4.78, 5) is 13.4. The zero-order valence-electron chi connectivity index (χ0n) is 8.07. The predicted octanol–water partition coefficient (Wildman–Crippen LogP) is 0.817. The van der Waals surface area contributed by atoms with Crippen LogP contribution in [0.25, 0.3) is 0 Å². The second kappa shape index (κ2) is 3.80. The van der Waals surface area contributed by atoms with Crippen molar-refractivity contribution in [1.82, 2.24) is 10.2 Å². The molecule has 2 rings (SSSR count). The second-order valence-corrected chi connectivity index (χ2v) is 3.48. The molecule has 1 fully saturated rings. The van der Waals surface area contributed by atoms with Crippen molar-refractivity contribution in [2.75, 3.05) is 13.1 Å². The van der Waals surface area contributed by atoms with Gasteiger partial charge in [0.2, 0.25) is 5.91 Å². The first-order valence-corrected chi connectivity index (χ1v) is 4.84. The Morgan fingerprint density at radius 1 is 1.71 bits per heavy atom. The summed E-state index contributed by atoms with van der Waals surface area (Å²) in [5.74, 6) is 0.128. The molecule has 1 saturated heterocycles. The van der Waals surface area contributed by atoms with Gasteiger partial charge in [-0.3, -0.25) is 10.1 Å². The van der Waals surface area contributed by atoms with Gasteiger partial charge >= 0.3 is 0 Å². The average molecular weight is 190 g/mol. The molecule has 0 bridgehead atoms. The van der Waals surface area contributed by atoms with Gasteiger partial charge in [0.1, 0.15) is 0 Å². The number of hydrogen-bond acceptors (Lipinski definition) is 2. The second-order valence-electron chi connectivity index (χ2n) is 3.48. The van der Waals surface area contributed by atoms with Gasteiger partial charge in [-0.15, -0.1) is 6.58 Å². The van der Waals surface area contributed by atoms with Crippen LogP contribution in [0, 0.1) is 0 Å². The number of piperazine rings is 1. The van der Waals surface area contributed by atoms with E-state index in [0.717, 1.165) is 12.1 Å². The van der Waals surface area contributed by atoms with Gasteiger partial charge in [0, 0.05) is 12.2 Å². The minimum absolute atomic E-state index is 0.128. The third-order valence-corrected chi connectivity index (χ3v) is 2.56. The van der Waals surface area contributed by atoms with Gasteiger partial charge in [0.05, 0.1) is 12.6 Å². The summed E-state index contributed by atoms with van der Waals surface area (Å²) in [6, 6.07) is 0.303. The number of rotatable bonds is 2. The van der Waals surface area contributed by atoms with Crippen molar-refractivity contribution in [3.05, 3.63) is 36.6 Å². The number of hydrogen-bond donors (Lipinski definition) is 1. The molecule has 1 heterocycles. The molecule has 0 aromatic carbocycles. The molecule has 14 heavy (non-hydrogen) atoms. The molecule has 1 aliphatic carbocycles. The van der Waals surface area contributed by atoms with Crippen LogP contribution >= 0.6 is 0 Å². The molecule has 3 nitrogen and oxygen atoms in total. The molecular formula is C11H14N2O. The summed E-state index contributed by atoms with van der Waals surface area (Å²) >= 11 is 0. The molecule has 2 aliphatic rings. The van der Waals surface area contributed by atoms with Crippen LogP contribution in [0.4, 0.5) is 0 Å². The number of amides is 1. The Morgan fingerprint density at radius 2 is 2.57 bits per heavy atom. The highest BCUT2D eigenvalue weighted by Crippen LogP contribution is 2.20. The van der Waals surface area contributed by atoms with Gasteiger partial charge in [-0.05, 0) is 12.5 Å². The molecule has 0 saturated carbocycles. The lowest BCUT2D eigenvalue weighted by atomic mass is 10.0. The number of carbonyl (C=O) groups excluding carboxylic acids is 1. The topological polar surface area (TPSA) is 32.3 Å². The molecule has 1 amide bonds. The summed E-state index contributed by atoms with van der Waals surface area (Å²) in [6.45, 7) is 4.71. The lowest BCUT2D eigenvalue weighted by molar-refractivity contribution is -0.129. The number of fused-ring (bicyclic) bond motifs is 1. The Labute approximate surface area is 83.8 Å². The fourth-order valence-electron chi connectivity index (χ4n) is 1.87. The molecule has 3 heteroatoms. The van der Waals surface area contributed by atoms with E-state index in [9.17, 15) is 4.79 Å². The lowest BCUT2D eigenvalue weighted by Gasteiger charge is -2.36. The van der Waals surface area contributed by atoms with E-state index in [0.29, 0.717) is 19.1 Å². The van der Waals surface area contributed by atoms with Crippen LogP contribution in [0.3, 0.4) is 0 Å². The van der Waals surface area contributed by atoms with E-state index < -0.39 is 0 Å². The molecule has 1 aliphatic heterocycles. The van der Waals surface area contributed by atoms with Crippen molar-refractivity contribution in [2.24, 2.45) is 0 Å². The Balaban J connectivity index is 2.24. The van der Waals surface area contributed by atoms with E-state index in [-0.39, 0.29) is 5.91 Å². The van der Waals surface area contributed by atoms with Crippen molar-refractivity contribution in [1.29, 1.82) is 0 Å². The minimum Gasteiger partial charge on any atom is -0.310 e. The van der Waals surface area contributed by atoms with Crippen molar-refractivity contribution in [2.45, 2.75) is 12.5 Å². The Morgan fingerprint density at radius 3 is 3.36 bits per heavy atom. The quantitative estimate of drug-likeness (QED) is 0.654. The zero-order chi connectivity index (χ0) is 9.97. The van der Waals surface area contributed by atoms with Crippen LogP contribution in [0.5, 0.6) is 0 Å². The van der Waals surface area contributed by atoms with Crippen LogP contribution < -0.4 is 5.32 Å². The lowest BCUT2D eigenvalue weighted by Crippen LogP contribution is -2.52. The van der Waals surface area contributed by atoms with Crippen LogP contribution in [0.15, 0.2) is 36.6 Å². The first kappa shape index (κ1) is 9.21. The standard InChI is InChI=1S/C11H14N2O/c1-2-7-13-10-6-4-3-5-9(10)12-8-11(13)14/h2-4,6,9,12H,1,5,7-8H2. The number of carbonyl (C=O) groups is 1. The molecule has 1 atom stereocenters. The SMILES string of the molecule is C=CCN1C(=O)CNC2CC=CC=C21. The molecule has 0 aromatic heterocycles. The minimum atomic E-state index is 0.128. The molecule has 1 N–H and O–H groups in total. The summed E-state index contributed by atoms with van der Waals surface area (Å²) in [6.07, 6.45) is 8.85. The normalized spacial score (nSPS) is 25.7. The third-order valence-electron chi connectivity index (χ3n) is 2.56. The number of nitrogens with one attached hydrogen (secondary N) is 1. The fourth-order valence-corrected chi connectivity index (χ4v) is 1.87. The van der Waals surface area contributed by atoms with Crippen molar-refractivity contribution in [3.63, 3.8) is 0 Å². The van der Waals surface area contributed by atoms with Gasteiger partial charge < -0.3 is 4.90 Å². The van der Waals surface area contributed by atoms with Gasteiger partial charge in [0.15, 0.2) is 0 Å². The highest BCUT2D eigenvalue weighted by atomic mass is 16.2. The van der Waals surface area contributed by atoms with E-state index in [2.05, 4.69) is 18.0 Å². The highest BCUT2D eigenvalue weighted by Gasteiger charge is 2.29. The van der Waals surface area contributed by atoms with E-state index in [1.54, 1.807) is 11.0 Å². The first-order valence-electron chi connectivity index (χ1n) is 4.84. The van der Waals surface area contributed by atoms with E-state index in [4.69, 9.17) is 0 Å². The number of allylic oxidation sites excluding steroid dienone is 2. The van der Waals surface area contributed by atoms with Crippen molar-refractivity contribution >= 4 is 5.91 Å². The first-order chi connectivity index (χ1) is 6.83. The molecule has 0 spiro atoms. The maximum atomic E-state index is 11.6. The Bertz CT molecular complexity index is 317. The maximum Gasteiger partial charge on any atom is 0.241 e. The molecule has 1 unspecified atom stereocenters. The van der Waals surface area contributed by atoms with Gasteiger partial charge in [0.25, 0.3) is 0 Å². The van der Waals surface area contributed by atoms with Gasteiger partial charge in [-0.1, -0.05) is 18.2 Å². The Hall–Kier alpha value is -1.35. The Kier molecular flexibility index (Phi) is 2.50. The number of nitrogens with zero attached hydrogens (tertiary/aromatic N) is 1. The van der Waals surface area contributed by atoms with Gasteiger partial charge in [-0.25, -0.2) is 0 Å². The zero-order valence-corrected chi connectivity index (χ0v) is 8.07. The summed E-state index contributed by atoms with van der Waals surface area (Å²) in [5, 5.41) is 3.21. The van der Waals surface area contributed by atoms with Crippen LogP contribution in [-0.2, 0) is 4.79 Å². The summed E-state index contributed by atoms with van der Waals surface area (Å²) < 4.78 is 0. The van der Waals surface area contributed by atoms with Crippen molar-refractivity contribution < 1.29 is 4.79 Å². The summed E-state index contributed by atoms with van der Waals surface area (Å²) in [7, 11) is 0. The van der Waals surface area contributed by atoms with Crippen molar-refractivity contribution in [3.8, 4) is 0 Å². The maximum absolute atomic E-state index is 11.6.